The van der Waals surface area contributed by atoms with Gasteiger partial charge in [-0.15, -0.1) is 11.3 Å². The minimum absolute atomic E-state index is 0.306. The molecular weight excluding hydrogens is 186 g/mol. The Morgan fingerprint density at radius 3 is 3.31 bits per heavy atom. The van der Waals surface area contributed by atoms with Crippen molar-refractivity contribution in [1.29, 1.82) is 0 Å². The first kappa shape index (κ1) is 8.31. The lowest BCUT2D eigenvalue weighted by molar-refractivity contribution is -0.136. The van der Waals surface area contributed by atoms with Crippen LogP contribution >= 0.6 is 11.3 Å². The minimum atomic E-state index is -0.306. The Labute approximate surface area is 80.0 Å². The van der Waals surface area contributed by atoms with Crippen LogP contribution in [-0.2, 0) is 16.1 Å². The lowest BCUT2D eigenvalue weighted by Gasteiger charge is -2.13. The molecule has 1 aromatic rings. The first-order chi connectivity index (χ1) is 6.31. The lowest BCUT2D eigenvalue weighted by Crippen LogP contribution is -2.23. The number of fused-ring (bicyclic) bond motifs is 1. The summed E-state index contributed by atoms with van der Waals surface area (Å²) in [5.74, 6) is -0.306. The summed E-state index contributed by atoms with van der Waals surface area (Å²) < 4.78 is 4.62. The number of carbonyl (C=O) groups excluding carboxylic acids is 1. The summed E-state index contributed by atoms with van der Waals surface area (Å²) in [7, 11) is 1.38. The zero-order valence-corrected chi connectivity index (χ0v) is 7.98. The van der Waals surface area contributed by atoms with Gasteiger partial charge in [0, 0.05) is 11.4 Å². The standard InChI is InChI=1S/C9H9NO2S/c1-12-9(11)7-4-8-6(5-10-7)2-3-13-8/h2-4,10H,5H2,1H3. The molecule has 0 unspecified atom stereocenters. The van der Waals surface area contributed by atoms with Gasteiger partial charge in [0.2, 0.25) is 0 Å². The van der Waals surface area contributed by atoms with Crippen molar-refractivity contribution in [2.45, 2.75) is 6.54 Å². The highest BCUT2D eigenvalue weighted by Gasteiger charge is 2.15. The maximum atomic E-state index is 11.2. The molecule has 1 N–H and O–H groups in total. The molecule has 1 aromatic heterocycles. The number of rotatable bonds is 1. The number of ether oxygens (including phenoxy) is 1. The molecule has 0 saturated carbocycles. The van der Waals surface area contributed by atoms with E-state index in [-0.39, 0.29) is 5.97 Å². The molecule has 4 heteroatoms. The SMILES string of the molecule is COC(=O)C1=Cc2sccc2CN1. The van der Waals surface area contributed by atoms with Crippen molar-refractivity contribution in [2.24, 2.45) is 0 Å². The summed E-state index contributed by atoms with van der Waals surface area (Å²) in [6.45, 7) is 0.708. The van der Waals surface area contributed by atoms with Gasteiger partial charge in [-0.2, -0.15) is 0 Å². The van der Waals surface area contributed by atoms with E-state index in [2.05, 4.69) is 16.1 Å². The van der Waals surface area contributed by atoms with Crippen LogP contribution in [-0.4, -0.2) is 13.1 Å². The van der Waals surface area contributed by atoms with Gasteiger partial charge in [-0.3, -0.25) is 0 Å². The average molecular weight is 195 g/mol. The van der Waals surface area contributed by atoms with Gasteiger partial charge in [0.15, 0.2) is 0 Å². The second kappa shape index (κ2) is 3.22. The van der Waals surface area contributed by atoms with E-state index in [0.717, 1.165) is 4.88 Å². The van der Waals surface area contributed by atoms with E-state index in [1.54, 1.807) is 11.3 Å². The molecular formula is C9H9NO2S. The Balaban J connectivity index is 2.32. The van der Waals surface area contributed by atoms with Gasteiger partial charge in [0.1, 0.15) is 5.70 Å². The second-order valence-electron chi connectivity index (χ2n) is 2.71. The topological polar surface area (TPSA) is 38.3 Å². The third-order valence-corrected chi connectivity index (χ3v) is 2.84. The Morgan fingerprint density at radius 1 is 1.69 bits per heavy atom. The molecule has 13 heavy (non-hydrogen) atoms. The largest absolute Gasteiger partial charge is 0.464 e. The highest BCUT2D eigenvalue weighted by Crippen LogP contribution is 2.23. The molecule has 0 saturated heterocycles. The van der Waals surface area contributed by atoms with Crippen molar-refractivity contribution in [1.82, 2.24) is 5.32 Å². The van der Waals surface area contributed by atoms with Gasteiger partial charge in [-0.05, 0) is 23.1 Å². The molecule has 0 radical (unpaired) electrons. The molecule has 1 aliphatic rings. The zero-order chi connectivity index (χ0) is 9.26. The molecule has 2 rings (SSSR count). The van der Waals surface area contributed by atoms with E-state index < -0.39 is 0 Å². The van der Waals surface area contributed by atoms with Crippen LogP contribution in [0.4, 0.5) is 0 Å². The summed E-state index contributed by atoms with van der Waals surface area (Å²) >= 11 is 1.63. The van der Waals surface area contributed by atoms with E-state index in [1.807, 2.05) is 11.5 Å². The number of hydrogen-bond acceptors (Lipinski definition) is 4. The van der Waals surface area contributed by atoms with Crippen LogP contribution in [0.2, 0.25) is 0 Å². The van der Waals surface area contributed by atoms with Crippen LogP contribution in [0.3, 0.4) is 0 Å². The van der Waals surface area contributed by atoms with Crippen molar-refractivity contribution < 1.29 is 9.53 Å². The molecule has 2 heterocycles. The molecule has 0 atom stereocenters. The zero-order valence-electron chi connectivity index (χ0n) is 7.16. The Hall–Kier alpha value is -1.29. The van der Waals surface area contributed by atoms with E-state index in [4.69, 9.17) is 0 Å². The van der Waals surface area contributed by atoms with Crippen molar-refractivity contribution in [2.75, 3.05) is 7.11 Å². The maximum absolute atomic E-state index is 11.2. The van der Waals surface area contributed by atoms with Crippen molar-refractivity contribution in [3.05, 3.63) is 27.6 Å². The summed E-state index contributed by atoms with van der Waals surface area (Å²) in [4.78, 5) is 12.3. The van der Waals surface area contributed by atoms with Gasteiger partial charge >= 0.3 is 5.97 Å². The number of esters is 1. The highest BCUT2D eigenvalue weighted by molar-refractivity contribution is 7.11. The van der Waals surface area contributed by atoms with Crippen LogP contribution in [0, 0.1) is 0 Å². The van der Waals surface area contributed by atoms with E-state index in [1.165, 1.54) is 12.7 Å². The second-order valence-corrected chi connectivity index (χ2v) is 3.66. The molecule has 0 fully saturated rings. The number of nitrogens with one attached hydrogen (secondary N) is 1. The number of thiophene rings is 1. The Morgan fingerprint density at radius 2 is 2.54 bits per heavy atom. The molecule has 0 spiro atoms. The van der Waals surface area contributed by atoms with Gasteiger partial charge in [-0.25, -0.2) is 4.79 Å². The fourth-order valence-electron chi connectivity index (χ4n) is 1.23. The van der Waals surface area contributed by atoms with Crippen LogP contribution in [0.25, 0.3) is 6.08 Å². The smallest absolute Gasteiger partial charge is 0.354 e. The van der Waals surface area contributed by atoms with Gasteiger partial charge in [0.25, 0.3) is 0 Å². The molecule has 1 aliphatic heterocycles. The highest BCUT2D eigenvalue weighted by atomic mass is 32.1. The summed E-state index contributed by atoms with van der Waals surface area (Å²) in [5.41, 5.74) is 1.77. The summed E-state index contributed by atoms with van der Waals surface area (Å²) in [6, 6.07) is 2.05. The number of carbonyl (C=O) groups is 1. The molecule has 3 nitrogen and oxygen atoms in total. The fourth-order valence-corrected chi connectivity index (χ4v) is 2.09. The summed E-state index contributed by atoms with van der Waals surface area (Å²) in [6.07, 6.45) is 1.83. The van der Waals surface area contributed by atoms with Crippen molar-refractivity contribution >= 4 is 23.4 Å². The first-order valence-electron chi connectivity index (χ1n) is 3.91. The first-order valence-corrected chi connectivity index (χ1v) is 4.79. The third kappa shape index (κ3) is 1.45. The van der Waals surface area contributed by atoms with Gasteiger partial charge in [0.05, 0.1) is 7.11 Å². The molecule has 0 aromatic carbocycles. The number of methoxy groups -OCH3 is 1. The predicted molar refractivity (Wildman–Crippen MR) is 51.2 cm³/mol. The normalized spacial score (nSPS) is 14.1. The van der Waals surface area contributed by atoms with E-state index in [0.29, 0.717) is 12.2 Å². The average Bonchev–Trinajstić information content (AvgIpc) is 2.63. The van der Waals surface area contributed by atoms with Crippen LogP contribution in [0.1, 0.15) is 10.4 Å². The Kier molecular flexibility index (Phi) is 2.06. The monoisotopic (exact) mass is 195 g/mol. The number of hydrogen-bond donors (Lipinski definition) is 1. The van der Waals surface area contributed by atoms with Crippen LogP contribution < -0.4 is 5.32 Å². The predicted octanol–water partition coefficient (Wildman–Crippen LogP) is 1.37. The van der Waals surface area contributed by atoms with Gasteiger partial charge in [-0.1, -0.05) is 0 Å². The van der Waals surface area contributed by atoms with Gasteiger partial charge < -0.3 is 10.1 Å². The quantitative estimate of drug-likeness (QED) is 0.688. The molecule has 68 valence electrons. The summed E-state index contributed by atoms with van der Waals surface area (Å²) in [5, 5.41) is 5.02. The third-order valence-electron chi connectivity index (χ3n) is 1.93. The Bertz CT molecular complexity index is 367. The van der Waals surface area contributed by atoms with E-state index >= 15 is 0 Å². The van der Waals surface area contributed by atoms with E-state index in [9.17, 15) is 4.79 Å². The fraction of sp³-hybridized carbons (Fsp3) is 0.222. The lowest BCUT2D eigenvalue weighted by atomic mass is 10.1. The van der Waals surface area contributed by atoms with Crippen molar-refractivity contribution in [3.63, 3.8) is 0 Å². The molecule has 0 aliphatic carbocycles. The molecule has 0 bridgehead atoms. The van der Waals surface area contributed by atoms with Crippen LogP contribution in [0.5, 0.6) is 0 Å². The van der Waals surface area contributed by atoms with Crippen LogP contribution in [0.15, 0.2) is 17.1 Å². The maximum Gasteiger partial charge on any atom is 0.354 e. The molecule has 0 amide bonds. The minimum Gasteiger partial charge on any atom is -0.464 e. The van der Waals surface area contributed by atoms with Crippen molar-refractivity contribution in [3.8, 4) is 0 Å².